The summed E-state index contributed by atoms with van der Waals surface area (Å²) in [4.78, 5) is 19.0. The summed E-state index contributed by atoms with van der Waals surface area (Å²) >= 11 is 1.04. The van der Waals surface area contributed by atoms with Crippen LogP contribution >= 0.6 is 11.5 Å². The average molecular weight is 432 g/mol. The van der Waals surface area contributed by atoms with E-state index in [1.165, 1.54) is 12.1 Å². The highest BCUT2D eigenvalue weighted by Gasteiger charge is 2.14. The molecule has 0 atom stereocenters. The fourth-order valence-corrected chi connectivity index (χ4v) is 3.58. The van der Waals surface area contributed by atoms with Crippen LogP contribution in [0.25, 0.3) is 11.4 Å². The molecule has 156 valence electrons. The summed E-state index contributed by atoms with van der Waals surface area (Å²) in [6.45, 7) is 0.175. The zero-order chi connectivity index (χ0) is 20.9. The van der Waals surface area contributed by atoms with Crippen LogP contribution in [-0.2, 0) is 4.74 Å². The lowest BCUT2D eigenvalue weighted by Gasteiger charge is -2.28. The number of rotatable bonds is 6. The van der Waals surface area contributed by atoms with E-state index < -0.39 is 6.61 Å². The first-order valence-corrected chi connectivity index (χ1v) is 9.99. The third-order valence-electron chi connectivity index (χ3n) is 4.49. The summed E-state index contributed by atoms with van der Waals surface area (Å²) in [5.41, 5.74) is 2.19. The molecule has 4 rings (SSSR count). The van der Waals surface area contributed by atoms with Gasteiger partial charge in [0.2, 0.25) is 5.13 Å². The summed E-state index contributed by atoms with van der Waals surface area (Å²) in [6, 6.07) is 13.3. The number of amides is 1. The van der Waals surface area contributed by atoms with E-state index in [2.05, 4.69) is 24.3 Å². The van der Waals surface area contributed by atoms with E-state index in [-0.39, 0.29) is 11.7 Å². The first-order chi connectivity index (χ1) is 14.6. The number of carbonyl (C=O) groups is 1. The molecule has 3 aromatic rings. The van der Waals surface area contributed by atoms with Gasteiger partial charge in [0, 0.05) is 41.4 Å². The molecule has 10 heteroatoms. The van der Waals surface area contributed by atoms with Gasteiger partial charge in [-0.2, -0.15) is 18.1 Å². The number of nitrogens with zero attached hydrogens (tertiary/aromatic N) is 3. The molecule has 1 saturated heterocycles. The highest BCUT2D eigenvalue weighted by molar-refractivity contribution is 7.10. The molecule has 1 fully saturated rings. The molecule has 0 saturated carbocycles. The number of hydrogen-bond acceptors (Lipinski definition) is 7. The molecule has 0 radical (unpaired) electrons. The number of hydrogen-bond donors (Lipinski definition) is 1. The number of anilines is 2. The number of carbonyl (C=O) groups excluding carboxylic acids is 1. The van der Waals surface area contributed by atoms with Crippen molar-refractivity contribution in [3.8, 4) is 17.1 Å². The molecule has 1 N–H and O–H groups in total. The maximum absolute atomic E-state index is 12.5. The molecule has 0 aliphatic carbocycles. The van der Waals surface area contributed by atoms with Gasteiger partial charge in [-0.25, -0.2) is 0 Å². The number of alkyl halides is 2. The predicted molar refractivity (Wildman–Crippen MR) is 109 cm³/mol. The summed E-state index contributed by atoms with van der Waals surface area (Å²) in [5, 5.41) is 3.08. The number of benzene rings is 2. The normalized spacial score (nSPS) is 14.0. The highest BCUT2D eigenvalue weighted by Crippen LogP contribution is 2.25. The van der Waals surface area contributed by atoms with E-state index in [4.69, 9.17) is 4.74 Å². The van der Waals surface area contributed by atoms with Gasteiger partial charge in [0.25, 0.3) is 5.91 Å². The highest BCUT2D eigenvalue weighted by atomic mass is 32.1. The molecule has 7 nitrogen and oxygen atoms in total. The van der Waals surface area contributed by atoms with Gasteiger partial charge in [-0.15, -0.1) is 0 Å². The zero-order valence-corrected chi connectivity index (χ0v) is 16.6. The first-order valence-electron chi connectivity index (χ1n) is 9.21. The Bertz CT molecular complexity index is 990. The van der Waals surface area contributed by atoms with Crippen LogP contribution in [0.1, 0.15) is 10.4 Å². The van der Waals surface area contributed by atoms with Crippen molar-refractivity contribution in [2.24, 2.45) is 0 Å². The summed E-state index contributed by atoms with van der Waals surface area (Å²) < 4.78 is 38.3. The monoisotopic (exact) mass is 432 g/mol. The summed E-state index contributed by atoms with van der Waals surface area (Å²) in [5.74, 6) is 0.159. The van der Waals surface area contributed by atoms with Gasteiger partial charge in [0.05, 0.1) is 13.2 Å². The Kier molecular flexibility index (Phi) is 6.15. The van der Waals surface area contributed by atoms with Gasteiger partial charge in [-0.05, 0) is 48.5 Å². The Morgan fingerprint density at radius 1 is 1.10 bits per heavy atom. The third kappa shape index (κ3) is 4.89. The van der Waals surface area contributed by atoms with Crippen molar-refractivity contribution >= 4 is 28.3 Å². The van der Waals surface area contributed by atoms with Crippen LogP contribution in [0.4, 0.5) is 19.6 Å². The van der Waals surface area contributed by atoms with E-state index >= 15 is 0 Å². The molecule has 0 bridgehead atoms. The lowest BCUT2D eigenvalue weighted by molar-refractivity contribution is -0.0498. The van der Waals surface area contributed by atoms with Crippen molar-refractivity contribution in [3.63, 3.8) is 0 Å². The van der Waals surface area contributed by atoms with Crippen molar-refractivity contribution in [3.05, 3.63) is 54.1 Å². The topological polar surface area (TPSA) is 76.6 Å². The molecule has 1 aliphatic rings. The molecular formula is C20H18F2N4O3S. The lowest BCUT2D eigenvalue weighted by atomic mass is 10.2. The van der Waals surface area contributed by atoms with E-state index in [0.717, 1.165) is 30.3 Å². The van der Waals surface area contributed by atoms with Crippen molar-refractivity contribution < 1.29 is 23.0 Å². The second-order valence-corrected chi connectivity index (χ2v) is 7.18. The Hall–Kier alpha value is -3.11. The predicted octanol–water partition coefficient (Wildman–Crippen LogP) is 3.90. The third-order valence-corrected chi connectivity index (χ3v) is 5.12. The molecule has 30 heavy (non-hydrogen) atoms. The maximum Gasteiger partial charge on any atom is 0.387 e. The largest absolute Gasteiger partial charge is 0.435 e. The zero-order valence-electron chi connectivity index (χ0n) is 15.8. The molecule has 2 heterocycles. The summed E-state index contributed by atoms with van der Waals surface area (Å²) in [6.07, 6.45) is 0. The molecule has 0 unspecified atom stereocenters. The Morgan fingerprint density at radius 3 is 2.47 bits per heavy atom. The van der Waals surface area contributed by atoms with Gasteiger partial charge >= 0.3 is 6.61 Å². The molecule has 1 aliphatic heterocycles. The fraction of sp³-hybridized carbons (Fsp3) is 0.250. The van der Waals surface area contributed by atoms with E-state index in [0.29, 0.717) is 35.3 Å². The maximum atomic E-state index is 12.5. The van der Waals surface area contributed by atoms with Crippen LogP contribution in [-0.4, -0.2) is 48.2 Å². The quantitative estimate of drug-likeness (QED) is 0.637. The van der Waals surface area contributed by atoms with Crippen molar-refractivity contribution in [1.82, 2.24) is 9.36 Å². The Morgan fingerprint density at radius 2 is 1.80 bits per heavy atom. The van der Waals surface area contributed by atoms with Crippen molar-refractivity contribution in [2.75, 3.05) is 36.5 Å². The number of aromatic nitrogens is 2. The van der Waals surface area contributed by atoms with Crippen LogP contribution in [0, 0.1) is 0 Å². The number of nitrogens with one attached hydrogen (secondary N) is 1. The van der Waals surface area contributed by atoms with E-state index in [1.807, 2.05) is 12.1 Å². The molecule has 0 spiro atoms. The van der Waals surface area contributed by atoms with Crippen LogP contribution in [0.5, 0.6) is 5.75 Å². The van der Waals surface area contributed by atoms with Crippen molar-refractivity contribution in [1.29, 1.82) is 0 Å². The minimum atomic E-state index is -2.88. The van der Waals surface area contributed by atoms with Gasteiger partial charge in [-0.3, -0.25) is 10.1 Å². The van der Waals surface area contributed by atoms with Crippen LogP contribution in [0.2, 0.25) is 0 Å². The number of halogens is 2. The van der Waals surface area contributed by atoms with Crippen LogP contribution < -0.4 is 15.0 Å². The first kappa shape index (κ1) is 20.2. The second-order valence-electron chi connectivity index (χ2n) is 6.43. The van der Waals surface area contributed by atoms with E-state index in [1.54, 1.807) is 24.3 Å². The molecular weight excluding hydrogens is 414 g/mol. The van der Waals surface area contributed by atoms with Gasteiger partial charge in [0.1, 0.15) is 5.75 Å². The van der Waals surface area contributed by atoms with Crippen LogP contribution in [0.15, 0.2) is 48.5 Å². The van der Waals surface area contributed by atoms with Crippen molar-refractivity contribution in [2.45, 2.75) is 6.61 Å². The van der Waals surface area contributed by atoms with Crippen LogP contribution in [0.3, 0.4) is 0 Å². The second kappa shape index (κ2) is 9.14. The van der Waals surface area contributed by atoms with Gasteiger partial charge in [-0.1, -0.05) is 0 Å². The SMILES string of the molecule is O=C(Nc1nc(-c2ccc(OC(F)F)cc2)ns1)c1ccc(N2CCOCC2)cc1. The molecule has 1 amide bonds. The Balaban J connectivity index is 1.39. The minimum absolute atomic E-state index is 0.0537. The lowest BCUT2D eigenvalue weighted by Crippen LogP contribution is -2.36. The minimum Gasteiger partial charge on any atom is -0.435 e. The summed E-state index contributed by atoms with van der Waals surface area (Å²) in [7, 11) is 0. The van der Waals surface area contributed by atoms with Gasteiger partial charge < -0.3 is 14.4 Å². The average Bonchev–Trinajstić information content (AvgIpc) is 3.23. The Labute approximate surface area is 175 Å². The van der Waals surface area contributed by atoms with E-state index in [9.17, 15) is 13.6 Å². The molecule has 1 aromatic heterocycles. The molecule has 2 aromatic carbocycles. The van der Waals surface area contributed by atoms with Gasteiger partial charge in [0.15, 0.2) is 5.82 Å². The number of ether oxygens (including phenoxy) is 2. The smallest absolute Gasteiger partial charge is 0.387 e. The standard InChI is InChI=1S/C20H18F2N4O3S/c21-19(22)29-16-7-3-13(4-8-16)17-23-20(30-25-17)24-18(27)14-1-5-15(6-2-14)26-9-11-28-12-10-26/h1-8,19H,9-12H2,(H,23,24,25,27). The number of morpholine rings is 1. The fourth-order valence-electron chi connectivity index (χ4n) is 2.99.